The number of fused-ring (bicyclic) bond motifs is 9. The van der Waals surface area contributed by atoms with Crippen molar-refractivity contribution in [2.24, 2.45) is 0 Å². The molecule has 0 saturated carbocycles. The zero-order chi connectivity index (χ0) is 59.7. The predicted octanol–water partition coefficient (Wildman–Crippen LogP) is 17.1. The maximum atomic E-state index is 2.78. The van der Waals surface area contributed by atoms with Crippen molar-refractivity contribution in [1.29, 1.82) is 0 Å². The summed E-state index contributed by atoms with van der Waals surface area (Å²) in [5.41, 5.74) is 23.6. The molecule has 9 aromatic carbocycles. The van der Waals surface area contributed by atoms with Crippen LogP contribution in [0, 0.1) is 6.92 Å². The maximum absolute atomic E-state index is 3.41. The van der Waals surface area contributed by atoms with Crippen LogP contribution in [0.15, 0.2) is 194 Å². The zero-order valence-electron chi connectivity index (χ0n) is 53.2. The van der Waals surface area contributed by atoms with Crippen LogP contribution in [0.4, 0.5) is 34.1 Å². The van der Waals surface area contributed by atoms with Crippen LogP contribution in [0.2, 0.25) is 0 Å². The van der Waals surface area contributed by atoms with Gasteiger partial charge in [-0.15, -0.1) is 0 Å². The van der Waals surface area contributed by atoms with Crippen molar-refractivity contribution in [2.45, 2.75) is 161 Å². The summed E-state index contributed by atoms with van der Waals surface area (Å²) < 4.78 is 2.87. The Kier molecular flexibility index (Phi) is 12.3. The van der Waals surface area contributed by atoms with Crippen LogP contribution >= 0.6 is 11.3 Å². The molecule has 0 bridgehead atoms. The van der Waals surface area contributed by atoms with Gasteiger partial charge in [0.2, 0.25) is 0 Å². The number of benzene rings is 9. The molecular formula is C81H84BN2SSi-. The molecule has 0 spiro atoms. The predicted molar refractivity (Wildman–Crippen MR) is 377 cm³/mol. The van der Waals surface area contributed by atoms with Gasteiger partial charge in [-0.05, 0) is 64.0 Å². The zero-order valence-corrected chi connectivity index (χ0v) is 55.1. The minimum absolute atomic E-state index is 0.00270. The number of aryl methyl sites for hydroxylation is 1. The number of anilines is 6. The second-order valence-electron chi connectivity index (χ2n) is 30.8. The Balaban J connectivity index is 1.07. The van der Waals surface area contributed by atoms with E-state index in [4.69, 9.17) is 0 Å². The van der Waals surface area contributed by atoms with Crippen LogP contribution in [0.1, 0.15) is 161 Å². The number of rotatable bonds is 7. The third kappa shape index (κ3) is 8.22. The van der Waals surface area contributed by atoms with Gasteiger partial charge in [0.1, 0.15) is 0 Å². The molecule has 5 heteroatoms. The average molecular weight is 1160 g/mol. The van der Waals surface area contributed by atoms with Crippen molar-refractivity contribution in [2.75, 3.05) is 9.80 Å². The van der Waals surface area contributed by atoms with Crippen molar-refractivity contribution < 1.29 is 0 Å². The minimum atomic E-state index is -3.41. The molecule has 0 atom stereocenters. The SMILES string of the molecule is Cc1cc2c3c(c1)N(c1ccc4c(c1)C(C)(C)CCC4(C)C)c1c(sc4cc5c(cc14)C(C)(C)CCC5(C)C)B3c1cc3c(cc1N2c1ccc([SiH-](c2ccccc2)(c2ccccc2)c2ccccc2)cc1-c1ccccc1)C(C)(C)CCC3(C)C. The second kappa shape index (κ2) is 19.2. The van der Waals surface area contributed by atoms with Gasteiger partial charge in [-0.3, -0.25) is 0 Å². The summed E-state index contributed by atoms with van der Waals surface area (Å²) >= 11 is 2.08. The fourth-order valence-electron chi connectivity index (χ4n) is 17.2. The first kappa shape index (κ1) is 55.4. The van der Waals surface area contributed by atoms with Gasteiger partial charge in [-0.1, -0.05) is 55.4 Å². The summed E-state index contributed by atoms with van der Waals surface area (Å²) in [6.45, 7) is 32.4. The first-order valence-electron chi connectivity index (χ1n) is 32.2. The van der Waals surface area contributed by atoms with Crippen LogP contribution in [-0.2, 0) is 32.5 Å². The molecule has 86 heavy (non-hydrogen) atoms. The molecule has 432 valence electrons. The first-order valence-corrected chi connectivity index (χ1v) is 35.4. The summed E-state index contributed by atoms with van der Waals surface area (Å²) in [7, 11) is -3.41. The molecular weight excluding hydrogens is 1070 g/mol. The van der Waals surface area contributed by atoms with Crippen molar-refractivity contribution in [3.05, 3.63) is 233 Å². The number of hydrogen-bond acceptors (Lipinski definition) is 3. The van der Waals surface area contributed by atoms with Crippen LogP contribution in [0.25, 0.3) is 21.2 Å². The fourth-order valence-corrected chi connectivity index (χ4v) is 24.1. The van der Waals surface area contributed by atoms with E-state index in [0.29, 0.717) is 0 Å². The van der Waals surface area contributed by atoms with E-state index in [0.717, 1.165) is 12.8 Å². The topological polar surface area (TPSA) is 6.48 Å². The molecule has 10 aromatic rings. The standard InChI is InChI=1S/C81H84BN2SSi/c1-52-44-70-73-71(45-52)84(68-37-35-58(47-59(68)53-26-18-14-19-27-53)86(55-28-20-15-21-29-55,56-30-22-16-23-31-56)57-32-24-17-25-33-57)69-50-65-64(79(8,9)41-42-80(65,10)11)49-67(69)82(73)75-74(60-48-63-66(51-72(60)85-75)81(12,13)43-40-78(63,6)7)83(70)54-34-36-61-62(46-54)77(4,5)39-38-76(61,2)3/h14-37,44-51,86H,38-43H2,1-13H3/q-1. The van der Waals surface area contributed by atoms with E-state index in [2.05, 4.69) is 305 Å². The molecule has 5 aliphatic rings. The Morgan fingerprint density at radius 1 is 0.384 bits per heavy atom. The fraction of sp³-hybridized carbons (Fsp3) is 0.309. The van der Waals surface area contributed by atoms with Gasteiger partial charge in [0.05, 0.1) is 0 Å². The van der Waals surface area contributed by atoms with Gasteiger partial charge in [0.25, 0.3) is 0 Å². The second-order valence-corrected chi connectivity index (χ2v) is 36.2. The molecule has 0 amide bonds. The molecule has 0 fully saturated rings. The van der Waals surface area contributed by atoms with Crippen molar-refractivity contribution in [3.63, 3.8) is 0 Å². The van der Waals surface area contributed by atoms with Crippen molar-refractivity contribution in [1.82, 2.24) is 0 Å². The van der Waals surface area contributed by atoms with Gasteiger partial charge >= 0.3 is 402 Å². The summed E-state index contributed by atoms with van der Waals surface area (Å²) in [5, 5.41) is 7.00. The summed E-state index contributed by atoms with van der Waals surface area (Å²) in [4.78, 5) is 5.54. The molecule has 0 saturated heterocycles. The molecule has 2 nitrogen and oxygen atoms in total. The molecule has 0 unspecified atom stereocenters. The first-order chi connectivity index (χ1) is 41.0. The average Bonchev–Trinajstić information content (AvgIpc) is 1.24. The van der Waals surface area contributed by atoms with E-state index >= 15 is 0 Å². The molecule has 1 aromatic heterocycles. The Bertz CT molecular complexity index is 4280. The molecule has 3 aliphatic carbocycles. The van der Waals surface area contributed by atoms with E-state index < -0.39 is 8.07 Å². The van der Waals surface area contributed by atoms with E-state index in [1.165, 1.54) is 156 Å². The number of hydrogen-bond donors (Lipinski definition) is 0. The molecule has 0 radical (unpaired) electrons. The van der Waals surface area contributed by atoms with E-state index in [1.807, 2.05) is 0 Å². The number of thiophene rings is 1. The summed E-state index contributed by atoms with van der Waals surface area (Å²) in [5.74, 6) is 0. The summed E-state index contributed by atoms with van der Waals surface area (Å²) in [6.07, 6.45) is 7.02. The van der Waals surface area contributed by atoms with Gasteiger partial charge in [-0.2, -0.15) is 0 Å². The van der Waals surface area contributed by atoms with Crippen LogP contribution < -0.4 is 46.2 Å². The van der Waals surface area contributed by atoms with Crippen molar-refractivity contribution >= 4 is 107 Å². The Hall–Kier alpha value is -7.18. The molecule has 0 N–H and O–H groups in total. The van der Waals surface area contributed by atoms with Gasteiger partial charge in [0, 0.05) is 0 Å². The monoisotopic (exact) mass is 1160 g/mol. The Morgan fingerprint density at radius 2 is 0.837 bits per heavy atom. The normalized spacial score (nSPS) is 18.9. The van der Waals surface area contributed by atoms with Crippen LogP contribution in [0.3, 0.4) is 0 Å². The Morgan fingerprint density at radius 3 is 1.37 bits per heavy atom. The summed E-state index contributed by atoms with van der Waals surface area (Å²) in [6, 6.07) is 77.1. The molecule has 3 heterocycles. The van der Waals surface area contributed by atoms with Gasteiger partial charge in [-0.25, -0.2) is 0 Å². The third-order valence-electron chi connectivity index (χ3n) is 22.6. The number of nitrogens with zero attached hydrogens (tertiary/aromatic N) is 2. The third-order valence-corrected chi connectivity index (χ3v) is 29.3. The van der Waals surface area contributed by atoms with Gasteiger partial charge in [0.15, 0.2) is 0 Å². The van der Waals surface area contributed by atoms with E-state index in [-0.39, 0.29) is 39.2 Å². The van der Waals surface area contributed by atoms with Crippen molar-refractivity contribution in [3.8, 4) is 11.1 Å². The quantitative estimate of drug-likeness (QED) is 0.116. The van der Waals surface area contributed by atoms with E-state index in [9.17, 15) is 0 Å². The Labute approximate surface area is 518 Å². The van der Waals surface area contributed by atoms with Crippen LogP contribution in [0.5, 0.6) is 0 Å². The molecule has 15 rings (SSSR count). The van der Waals surface area contributed by atoms with Gasteiger partial charge < -0.3 is 0 Å². The van der Waals surface area contributed by atoms with Crippen LogP contribution in [-0.4, -0.2) is 14.8 Å². The molecule has 2 aliphatic heterocycles. The van der Waals surface area contributed by atoms with E-state index in [1.54, 1.807) is 0 Å².